The maximum absolute atomic E-state index is 13.1. The predicted octanol–water partition coefficient (Wildman–Crippen LogP) is 24.0. The Morgan fingerprint density at radius 2 is 0.510 bits per heavy atom. The van der Waals surface area contributed by atoms with E-state index in [2.05, 4.69) is 101 Å². The second-order valence-electron chi connectivity index (χ2n) is 27.7. The Balaban J connectivity index is 5.34. The van der Waals surface area contributed by atoms with Gasteiger partial charge in [-0.15, -0.1) is 0 Å². The number of aliphatic hydroxyl groups excluding tert-OH is 1. The fourth-order valence-corrected chi connectivity index (χ4v) is 13.0. The number of phosphoric ester groups is 2. The molecule has 0 bridgehead atoms. The van der Waals surface area contributed by atoms with E-state index in [1.54, 1.807) is 0 Å². The second-order valence-corrected chi connectivity index (χ2v) is 30.6. The number of esters is 4. The van der Waals surface area contributed by atoms with E-state index >= 15 is 0 Å². The van der Waals surface area contributed by atoms with Gasteiger partial charge in [0.1, 0.15) is 19.3 Å². The molecule has 17 nitrogen and oxygen atoms in total. The minimum absolute atomic E-state index is 0.0797. The molecule has 0 heterocycles. The molecule has 0 radical (unpaired) electrons. The largest absolute Gasteiger partial charge is 0.472 e. The van der Waals surface area contributed by atoms with Gasteiger partial charge in [0, 0.05) is 25.7 Å². The van der Waals surface area contributed by atoms with Crippen LogP contribution in [0.2, 0.25) is 0 Å². The quantitative estimate of drug-likeness (QED) is 0.0169. The van der Waals surface area contributed by atoms with E-state index in [-0.39, 0.29) is 25.7 Å². The molecule has 0 aliphatic carbocycles. The van der Waals surface area contributed by atoms with E-state index in [4.69, 9.17) is 37.0 Å². The van der Waals surface area contributed by atoms with E-state index in [0.717, 1.165) is 135 Å². The fourth-order valence-electron chi connectivity index (χ4n) is 11.4. The van der Waals surface area contributed by atoms with Crippen molar-refractivity contribution in [2.75, 3.05) is 39.6 Å². The molecule has 0 rings (SSSR count). The van der Waals surface area contributed by atoms with Crippen LogP contribution in [0.1, 0.15) is 374 Å². The van der Waals surface area contributed by atoms with Crippen LogP contribution >= 0.6 is 15.6 Å². The lowest BCUT2D eigenvalue weighted by Gasteiger charge is -2.21. The van der Waals surface area contributed by atoms with Gasteiger partial charge in [0.2, 0.25) is 0 Å². The van der Waals surface area contributed by atoms with Gasteiger partial charge in [-0.1, -0.05) is 325 Å². The Hall–Kier alpha value is -3.50. The number of carbonyl (C=O) groups excluding carboxylic acids is 4. The van der Waals surface area contributed by atoms with E-state index in [1.807, 2.05) is 0 Å². The fraction of sp³-hybridized carbons (Fsp3) is 0.807. The van der Waals surface area contributed by atoms with Crippen molar-refractivity contribution < 1.29 is 80.2 Å². The van der Waals surface area contributed by atoms with Gasteiger partial charge in [0.25, 0.3) is 0 Å². The summed E-state index contributed by atoms with van der Waals surface area (Å²) in [6.45, 7) is 4.78. The maximum atomic E-state index is 13.1. The van der Waals surface area contributed by atoms with Gasteiger partial charge in [-0.25, -0.2) is 9.13 Å². The lowest BCUT2D eigenvalue weighted by atomic mass is 10.0. The van der Waals surface area contributed by atoms with Crippen molar-refractivity contribution in [1.82, 2.24) is 0 Å². The number of ether oxygens (including phenoxy) is 4. The topological polar surface area (TPSA) is 237 Å². The molecule has 3 N–H and O–H groups in total. The Kier molecular flexibility index (Phi) is 73.1. The summed E-state index contributed by atoms with van der Waals surface area (Å²) < 4.78 is 68.7. The van der Waals surface area contributed by atoms with E-state index in [9.17, 15) is 43.2 Å². The monoisotopic (exact) mass is 1480 g/mol. The summed E-state index contributed by atoms with van der Waals surface area (Å²) in [5.41, 5.74) is 0. The van der Waals surface area contributed by atoms with Gasteiger partial charge in [-0.3, -0.25) is 37.3 Å². The highest BCUT2D eigenvalue weighted by molar-refractivity contribution is 7.47. The number of allylic oxidation sites excluding steroid dienone is 12. The maximum Gasteiger partial charge on any atom is 0.472 e. The van der Waals surface area contributed by atoms with Crippen LogP contribution in [0.25, 0.3) is 0 Å². The van der Waals surface area contributed by atoms with Crippen LogP contribution in [0.3, 0.4) is 0 Å². The summed E-state index contributed by atoms with van der Waals surface area (Å²) >= 11 is 0. The van der Waals surface area contributed by atoms with Gasteiger partial charge in [-0.2, -0.15) is 0 Å². The lowest BCUT2D eigenvalue weighted by Crippen LogP contribution is -2.30. The summed E-state index contributed by atoms with van der Waals surface area (Å²) in [7, 11) is -9.95. The molecule has 0 aliphatic heterocycles. The van der Waals surface area contributed by atoms with Crippen molar-refractivity contribution in [1.29, 1.82) is 0 Å². The molecule has 0 aliphatic rings. The normalized spacial score (nSPS) is 14.2. The van der Waals surface area contributed by atoms with Crippen LogP contribution in [0, 0.1) is 0 Å². The molecule has 0 aromatic rings. The van der Waals surface area contributed by atoms with E-state index in [1.165, 1.54) is 161 Å². The zero-order chi connectivity index (χ0) is 74.6. The summed E-state index contributed by atoms with van der Waals surface area (Å²) in [4.78, 5) is 73.0. The molecule has 5 atom stereocenters. The van der Waals surface area contributed by atoms with E-state index in [0.29, 0.717) is 25.7 Å². The van der Waals surface area contributed by atoms with Crippen molar-refractivity contribution in [3.63, 3.8) is 0 Å². The number of carbonyl (C=O) groups is 4. The Morgan fingerprint density at radius 3 is 0.814 bits per heavy atom. The highest BCUT2D eigenvalue weighted by Gasteiger charge is 2.30. The zero-order valence-corrected chi connectivity index (χ0v) is 66.8. The Labute approximate surface area is 622 Å². The van der Waals surface area contributed by atoms with Crippen molar-refractivity contribution in [2.45, 2.75) is 393 Å². The van der Waals surface area contributed by atoms with Crippen molar-refractivity contribution >= 4 is 39.5 Å². The number of phosphoric acid groups is 2. The van der Waals surface area contributed by atoms with Crippen LogP contribution in [0.4, 0.5) is 0 Å². The third-order valence-corrected chi connectivity index (χ3v) is 19.6. The molecule has 0 spiro atoms. The zero-order valence-electron chi connectivity index (χ0n) is 65.0. The van der Waals surface area contributed by atoms with Gasteiger partial charge in [0.15, 0.2) is 12.2 Å². The first-order chi connectivity index (χ1) is 49.7. The molecule has 594 valence electrons. The molecule has 5 unspecified atom stereocenters. The highest BCUT2D eigenvalue weighted by Crippen LogP contribution is 2.45. The summed E-state index contributed by atoms with van der Waals surface area (Å²) in [6, 6.07) is 0. The second kappa shape index (κ2) is 75.7. The standard InChI is InChI=1S/C83H150O17P2/c1-5-9-13-17-21-25-29-33-36-37-38-39-42-45-48-52-56-60-64-68-81(86)94-73-78(99-82(87)69-65-61-57-53-49-43-32-28-24-20-16-12-8-4)75-97-101(89,90)95-71-77(84)72-96-102(91,92)98-76-79(100-83(88)70-66-62-58-54-50-46-41-35-31-27-23-19-15-11-7-3)74-93-80(85)67-63-59-55-51-47-44-40-34-30-26-22-18-14-10-6-2/h9,13,21,25,28,32-33,36,38-39,45,48,77-79,84H,5-8,10-12,14-20,22-24,26-27,29-31,34-35,37,40-44,46-47,49-76H2,1-4H3,(H,89,90)(H,91,92)/b13-9-,25-21-,32-28-,36-33-,39-38-,48-45-. The van der Waals surface area contributed by atoms with Gasteiger partial charge in [0.05, 0.1) is 26.4 Å². The Morgan fingerprint density at radius 1 is 0.284 bits per heavy atom. The van der Waals surface area contributed by atoms with Crippen molar-refractivity contribution in [2.24, 2.45) is 0 Å². The number of unbranched alkanes of at least 4 members (excludes halogenated alkanes) is 40. The van der Waals surface area contributed by atoms with Crippen LogP contribution in [-0.2, 0) is 65.4 Å². The summed E-state index contributed by atoms with van der Waals surface area (Å²) in [5.74, 6) is -2.18. The molecular weight excluding hydrogens is 1330 g/mol. The molecule has 0 saturated carbocycles. The molecular formula is C83H150O17P2. The number of hydrogen-bond donors (Lipinski definition) is 3. The smallest absolute Gasteiger partial charge is 0.462 e. The van der Waals surface area contributed by atoms with Crippen LogP contribution < -0.4 is 0 Å². The van der Waals surface area contributed by atoms with E-state index < -0.39 is 97.5 Å². The molecule has 0 amide bonds. The molecule has 0 aromatic carbocycles. The molecule has 0 fully saturated rings. The molecule has 19 heteroatoms. The lowest BCUT2D eigenvalue weighted by molar-refractivity contribution is -0.161. The number of aliphatic hydroxyl groups is 1. The highest BCUT2D eigenvalue weighted by atomic mass is 31.2. The average molecular weight is 1480 g/mol. The first-order valence-corrected chi connectivity index (χ1v) is 44.2. The summed E-state index contributed by atoms with van der Waals surface area (Å²) in [5, 5.41) is 10.6. The van der Waals surface area contributed by atoms with Crippen LogP contribution in [0.15, 0.2) is 72.9 Å². The van der Waals surface area contributed by atoms with Crippen molar-refractivity contribution in [3.05, 3.63) is 72.9 Å². The number of rotatable bonds is 78. The first kappa shape index (κ1) is 98.5. The third kappa shape index (κ3) is 74.8. The van der Waals surface area contributed by atoms with Crippen LogP contribution in [0.5, 0.6) is 0 Å². The number of hydrogen-bond acceptors (Lipinski definition) is 15. The van der Waals surface area contributed by atoms with Crippen molar-refractivity contribution in [3.8, 4) is 0 Å². The van der Waals surface area contributed by atoms with Gasteiger partial charge >= 0.3 is 39.5 Å². The molecule has 102 heavy (non-hydrogen) atoms. The Bertz CT molecular complexity index is 2210. The SMILES string of the molecule is CC/C=C\C/C=C\C/C=C\C/C=C\C/C=C\CCCCCC(=O)OCC(COP(=O)(O)OCC(O)COP(=O)(O)OCC(COC(=O)CCCCCCCCCCCCCCCCC)OC(=O)CCCCCCCCCCCCCCCCC)OC(=O)CCCCCCC/C=C\CCCCCC. The van der Waals surface area contributed by atoms with Gasteiger partial charge < -0.3 is 33.8 Å². The van der Waals surface area contributed by atoms with Gasteiger partial charge in [-0.05, 0) is 96.3 Å². The van der Waals surface area contributed by atoms with Crippen LogP contribution in [-0.4, -0.2) is 96.7 Å². The minimum atomic E-state index is -4.98. The first-order valence-electron chi connectivity index (χ1n) is 41.2. The molecule has 0 saturated heterocycles. The third-order valence-electron chi connectivity index (χ3n) is 17.7. The predicted molar refractivity (Wildman–Crippen MR) is 418 cm³/mol. The summed E-state index contributed by atoms with van der Waals surface area (Å²) in [6.07, 6.45) is 77.3. The average Bonchev–Trinajstić information content (AvgIpc) is 0.908. The molecule has 0 aromatic heterocycles. The minimum Gasteiger partial charge on any atom is -0.462 e.